The number of piperidine rings is 1. The maximum Gasteiger partial charge on any atom is 0.0802 e. The Kier molecular flexibility index (Phi) is 4.46. The van der Waals surface area contributed by atoms with E-state index in [-0.39, 0.29) is 6.10 Å². The maximum absolute atomic E-state index is 10.3. The fourth-order valence-electron chi connectivity index (χ4n) is 3.73. The van der Waals surface area contributed by atoms with Gasteiger partial charge in [-0.05, 0) is 49.8 Å². The first kappa shape index (κ1) is 14.5. The van der Waals surface area contributed by atoms with Gasteiger partial charge in [0.1, 0.15) is 0 Å². The van der Waals surface area contributed by atoms with E-state index in [1.165, 1.54) is 12.8 Å². The lowest BCUT2D eigenvalue weighted by molar-refractivity contribution is 0.0266. The number of fused-ring (bicyclic) bond motifs is 2. The summed E-state index contributed by atoms with van der Waals surface area (Å²) in [5, 5.41) is 20.1. The minimum atomic E-state index is -0.394. The standard InChI is InChI=1S/C16H22BrNO2/c17-12-3-1-11(2-4-12)16(20)7-8-18-13-5-6-14(18)10-15(19)9-13/h1-4,13-16,19-20H,5-10H2. The first-order chi connectivity index (χ1) is 9.63. The third-order valence-electron chi connectivity index (χ3n) is 4.77. The topological polar surface area (TPSA) is 43.7 Å². The molecule has 0 amide bonds. The van der Waals surface area contributed by atoms with Crippen molar-refractivity contribution in [2.45, 2.75) is 56.4 Å². The summed E-state index contributed by atoms with van der Waals surface area (Å²) in [5.41, 5.74) is 0.984. The van der Waals surface area contributed by atoms with E-state index in [9.17, 15) is 10.2 Å². The monoisotopic (exact) mass is 339 g/mol. The molecular weight excluding hydrogens is 318 g/mol. The van der Waals surface area contributed by atoms with Crippen molar-refractivity contribution in [2.24, 2.45) is 0 Å². The Morgan fingerprint density at radius 2 is 1.75 bits per heavy atom. The van der Waals surface area contributed by atoms with Crippen molar-refractivity contribution in [1.82, 2.24) is 4.90 Å². The van der Waals surface area contributed by atoms with Gasteiger partial charge in [0.25, 0.3) is 0 Å². The molecule has 0 radical (unpaired) electrons. The number of halogens is 1. The predicted octanol–water partition coefficient (Wildman–Crippen LogP) is 2.86. The van der Waals surface area contributed by atoms with Crippen molar-refractivity contribution in [3.05, 3.63) is 34.3 Å². The van der Waals surface area contributed by atoms with Crippen LogP contribution >= 0.6 is 15.9 Å². The molecule has 20 heavy (non-hydrogen) atoms. The lowest BCUT2D eigenvalue weighted by atomic mass is 9.98. The molecule has 3 atom stereocenters. The smallest absolute Gasteiger partial charge is 0.0802 e. The van der Waals surface area contributed by atoms with Gasteiger partial charge in [-0.1, -0.05) is 28.1 Å². The molecule has 110 valence electrons. The molecule has 3 nitrogen and oxygen atoms in total. The highest BCUT2D eigenvalue weighted by Crippen LogP contribution is 2.36. The Balaban J connectivity index is 1.56. The molecule has 4 heteroatoms. The van der Waals surface area contributed by atoms with Gasteiger partial charge in [0, 0.05) is 23.1 Å². The quantitative estimate of drug-likeness (QED) is 0.886. The summed E-state index contributed by atoms with van der Waals surface area (Å²) in [7, 11) is 0. The second kappa shape index (κ2) is 6.14. The summed E-state index contributed by atoms with van der Waals surface area (Å²) < 4.78 is 1.04. The van der Waals surface area contributed by atoms with Gasteiger partial charge >= 0.3 is 0 Å². The second-order valence-electron chi connectivity index (χ2n) is 6.10. The van der Waals surface area contributed by atoms with Gasteiger partial charge in [-0.2, -0.15) is 0 Å². The van der Waals surface area contributed by atoms with Crippen LogP contribution in [-0.2, 0) is 0 Å². The van der Waals surface area contributed by atoms with Crippen molar-refractivity contribution < 1.29 is 10.2 Å². The number of hydrogen-bond donors (Lipinski definition) is 2. The van der Waals surface area contributed by atoms with Crippen molar-refractivity contribution in [3.63, 3.8) is 0 Å². The van der Waals surface area contributed by atoms with E-state index in [4.69, 9.17) is 0 Å². The summed E-state index contributed by atoms with van der Waals surface area (Å²) >= 11 is 3.41. The summed E-state index contributed by atoms with van der Waals surface area (Å²) in [5.74, 6) is 0. The summed E-state index contributed by atoms with van der Waals surface area (Å²) in [6, 6.07) is 8.95. The maximum atomic E-state index is 10.3. The van der Waals surface area contributed by atoms with E-state index in [1.807, 2.05) is 24.3 Å². The lowest BCUT2D eigenvalue weighted by Crippen LogP contribution is -2.45. The fourth-order valence-corrected chi connectivity index (χ4v) is 4.00. The third-order valence-corrected chi connectivity index (χ3v) is 5.30. The number of nitrogens with zero attached hydrogens (tertiary/aromatic N) is 1. The van der Waals surface area contributed by atoms with Crippen LogP contribution in [0.5, 0.6) is 0 Å². The minimum Gasteiger partial charge on any atom is -0.393 e. The first-order valence-corrected chi connectivity index (χ1v) is 8.30. The molecule has 1 aromatic rings. The molecule has 0 aliphatic carbocycles. The zero-order valence-corrected chi connectivity index (χ0v) is 13.2. The summed E-state index contributed by atoms with van der Waals surface area (Å²) in [6.07, 6.45) is 4.49. The average molecular weight is 340 g/mol. The van der Waals surface area contributed by atoms with Crippen LogP contribution in [0.2, 0.25) is 0 Å². The molecule has 3 rings (SSSR count). The van der Waals surface area contributed by atoms with Crippen molar-refractivity contribution in [3.8, 4) is 0 Å². The third kappa shape index (κ3) is 3.08. The molecule has 2 aliphatic rings. The molecule has 2 fully saturated rings. The number of rotatable bonds is 4. The van der Waals surface area contributed by atoms with Crippen molar-refractivity contribution in [2.75, 3.05) is 6.54 Å². The van der Waals surface area contributed by atoms with E-state index in [0.717, 1.165) is 35.8 Å². The molecule has 1 aromatic carbocycles. The van der Waals surface area contributed by atoms with Gasteiger partial charge in [-0.15, -0.1) is 0 Å². The zero-order valence-electron chi connectivity index (χ0n) is 11.6. The Bertz CT molecular complexity index is 436. The van der Waals surface area contributed by atoms with Crippen LogP contribution < -0.4 is 0 Å². The Morgan fingerprint density at radius 1 is 1.15 bits per heavy atom. The Hall–Kier alpha value is -0.420. The molecule has 2 aliphatic heterocycles. The van der Waals surface area contributed by atoms with E-state index >= 15 is 0 Å². The molecule has 0 aromatic heterocycles. The molecule has 2 N–H and O–H groups in total. The molecule has 2 saturated heterocycles. The van der Waals surface area contributed by atoms with E-state index in [1.54, 1.807) is 0 Å². The SMILES string of the molecule is OC1CC2CCC(C1)N2CCC(O)c1ccc(Br)cc1. The molecule has 3 unspecified atom stereocenters. The highest BCUT2D eigenvalue weighted by molar-refractivity contribution is 9.10. The van der Waals surface area contributed by atoms with E-state index in [0.29, 0.717) is 12.1 Å². The number of benzene rings is 1. The van der Waals surface area contributed by atoms with Crippen LogP contribution in [0.1, 0.15) is 43.8 Å². The van der Waals surface area contributed by atoms with Crippen molar-refractivity contribution >= 4 is 15.9 Å². The number of aliphatic hydroxyl groups excluding tert-OH is 2. The minimum absolute atomic E-state index is 0.111. The normalized spacial score (nSPS) is 31.4. The molecule has 2 heterocycles. The van der Waals surface area contributed by atoms with Crippen LogP contribution in [0, 0.1) is 0 Å². The summed E-state index contributed by atoms with van der Waals surface area (Å²) in [4.78, 5) is 2.51. The van der Waals surface area contributed by atoms with Gasteiger partial charge in [0.05, 0.1) is 12.2 Å². The van der Waals surface area contributed by atoms with Crippen LogP contribution in [0.3, 0.4) is 0 Å². The highest BCUT2D eigenvalue weighted by Gasteiger charge is 2.39. The molecular formula is C16H22BrNO2. The van der Waals surface area contributed by atoms with E-state index < -0.39 is 6.10 Å². The van der Waals surface area contributed by atoms with Gasteiger partial charge in [0.2, 0.25) is 0 Å². The number of aliphatic hydroxyl groups is 2. The summed E-state index contributed by atoms with van der Waals surface area (Å²) in [6.45, 7) is 0.930. The van der Waals surface area contributed by atoms with Crippen LogP contribution in [-0.4, -0.2) is 39.8 Å². The van der Waals surface area contributed by atoms with Gasteiger partial charge in [-0.3, -0.25) is 4.90 Å². The van der Waals surface area contributed by atoms with Crippen LogP contribution in [0.4, 0.5) is 0 Å². The number of hydrogen-bond acceptors (Lipinski definition) is 3. The Morgan fingerprint density at radius 3 is 2.35 bits per heavy atom. The second-order valence-corrected chi connectivity index (χ2v) is 7.02. The largest absolute Gasteiger partial charge is 0.393 e. The van der Waals surface area contributed by atoms with Gasteiger partial charge in [-0.25, -0.2) is 0 Å². The van der Waals surface area contributed by atoms with Gasteiger partial charge in [0.15, 0.2) is 0 Å². The predicted molar refractivity (Wildman–Crippen MR) is 82.5 cm³/mol. The van der Waals surface area contributed by atoms with Crippen LogP contribution in [0.25, 0.3) is 0 Å². The fraction of sp³-hybridized carbons (Fsp3) is 0.625. The van der Waals surface area contributed by atoms with Crippen LogP contribution in [0.15, 0.2) is 28.7 Å². The molecule has 0 spiro atoms. The molecule has 2 bridgehead atoms. The van der Waals surface area contributed by atoms with E-state index in [2.05, 4.69) is 20.8 Å². The van der Waals surface area contributed by atoms with Gasteiger partial charge < -0.3 is 10.2 Å². The van der Waals surface area contributed by atoms with Crippen molar-refractivity contribution in [1.29, 1.82) is 0 Å². The lowest BCUT2D eigenvalue weighted by Gasteiger charge is -2.37. The first-order valence-electron chi connectivity index (χ1n) is 7.51. The average Bonchev–Trinajstić information content (AvgIpc) is 2.67. The highest BCUT2D eigenvalue weighted by atomic mass is 79.9. The zero-order chi connectivity index (χ0) is 14.1. The molecule has 0 saturated carbocycles. The Labute approximate surface area is 128 Å².